The Hall–Kier alpha value is -2.34. The Morgan fingerprint density at radius 1 is 1.38 bits per heavy atom. The van der Waals surface area contributed by atoms with Crippen molar-refractivity contribution in [3.05, 3.63) is 41.7 Å². The van der Waals surface area contributed by atoms with Crippen LogP contribution in [0.5, 0.6) is 0 Å². The Balaban J connectivity index is 1.75. The number of nitrogens with one attached hydrogen (secondary N) is 1. The van der Waals surface area contributed by atoms with Crippen molar-refractivity contribution in [2.24, 2.45) is 0 Å². The molecule has 1 aliphatic rings. The second kappa shape index (κ2) is 6.65. The topological polar surface area (TPSA) is 73.6 Å². The summed E-state index contributed by atoms with van der Waals surface area (Å²) in [5.41, 5.74) is 3.60. The van der Waals surface area contributed by atoms with E-state index in [0.29, 0.717) is 13.2 Å². The number of amides is 1. The molecule has 0 fully saturated rings. The minimum absolute atomic E-state index is 0.201. The van der Waals surface area contributed by atoms with Gasteiger partial charge in [-0.2, -0.15) is 0 Å². The molecular weight excluding hydrogens is 308 g/mol. The van der Waals surface area contributed by atoms with Crippen LogP contribution in [0.15, 0.2) is 35.1 Å². The first kappa shape index (κ1) is 16.5. The van der Waals surface area contributed by atoms with Gasteiger partial charge in [0.1, 0.15) is 23.7 Å². The molecule has 0 bridgehead atoms. The molecule has 0 radical (unpaired) electrons. The number of nitrogens with zero attached hydrogens (tertiary/aromatic N) is 1. The Labute approximate surface area is 141 Å². The van der Waals surface area contributed by atoms with Crippen LogP contribution in [-0.2, 0) is 15.9 Å². The average molecular weight is 330 g/mol. The molecule has 1 unspecified atom stereocenters. The van der Waals surface area contributed by atoms with Crippen LogP contribution in [0.3, 0.4) is 0 Å². The maximum absolute atomic E-state index is 11.9. The number of carbonyl (C=O) groups is 1. The molecule has 3 rings (SSSR count). The molecular formula is C18H22N2O4. The van der Waals surface area contributed by atoms with Crippen molar-refractivity contribution in [3.8, 4) is 11.3 Å². The van der Waals surface area contributed by atoms with Crippen LogP contribution in [0.1, 0.15) is 38.0 Å². The van der Waals surface area contributed by atoms with Crippen molar-refractivity contribution in [1.29, 1.82) is 0 Å². The largest absolute Gasteiger partial charge is 0.444 e. The predicted molar refractivity (Wildman–Crippen MR) is 88.6 cm³/mol. The molecule has 1 aliphatic heterocycles. The van der Waals surface area contributed by atoms with E-state index in [2.05, 4.69) is 10.5 Å². The maximum Gasteiger partial charge on any atom is 0.407 e. The third-order valence-electron chi connectivity index (χ3n) is 3.77. The zero-order chi connectivity index (χ0) is 17.2. The van der Waals surface area contributed by atoms with Crippen LogP contribution in [0.25, 0.3) is 11.3 Å². The van der Waals surface area contributed by atoms with Crippen molar-refractivity contribution in [3.63, 3.8) is 0 Å². The van der Waals surface area contributed by atoms with E-state index in [1.165, 1.54) is 5.56 Å². The van der Waals surface area contributed by atoms with Crippen LogP contribution >= 0.6 is 0 Å². The molecule has 1 aromatic heterocycles. The molecule has 2 aromatic rings. The summed E-state index contributed by atoms with van der Waals surface area (Å²) in [6, 6.07) is 7.87. The number of rotatable bonds is 3. The monoisotopic (exact) mass is 330 g/mol. The Morgan fingerprint density at radius 2 is 2.21 bits per heavy atom. The lowest BCUT2D eigenvalue weighted by Gasteiger charge is -2.28. The molecule has 128 valence electrons. The summed E-state index contributed by atoms with van der Waals surface area (Å²) in [4.78, 5) is 11.9. The number of alkyl carbamates (subject to hydrolysis) is 1. The highest BCUT2D eigenvalue weighted by Crippen LogP contribution is 2.33. The van der Waals surface area contributed by atoms with Gasteiger partial charge in [0.15, 0.2) is 0 Å². The number of carbonyl (C=O) groups excluding carboxylic acids is 1. The molecule has 1 atom stereocenters. The van der Waals surface area contributed by atoms with Crippen LogP contribution < -0.4 is 5.32 Å². The van der Waals surface area contributed by atoms with Gasteiger partial charge in [0.25, 0.3) is 0 Å². The quantitative estimate of drug-likeness (QED) is 0.932. The van der Waals surface area contributed by atoms with Crippen molar-refractivity contribution in [1.82, 2.24) is 10.5 Å². The zero-order valence-electron chi connectivity index (χ0n) is 14.2. The van der Waals surface area contributed by atoms with E-state index in [-0.39, 0.29) is 6.10 Å². The summed E-state index contributed by atoms with van der Waals surface area (Å²) in [6.07, 6.45) is 1.73. The highest BCUT2D eigenvalue weighted by molar-refractivity contribution is 5.68. The standard InChI is InChI=1S/C18H22N2O4/c1-18(2,3)24-17(21)19-11-16-14-6-4-5-13(12(14)7-9-22-16)15-8-10-23-20-15/h4-6,8,10,16H,7,9,11H2,1-3H3,(H,19,21). The highest BCUT2D eigenvalue weighted by Gasteiger charge is 2.25. The first-order chi connectivity index (χ1) is 11.4. The molecule has 0 saturated carbocycles. The number of ether oxygens (including phenoxy) is 2. The summed E-state index contributed by atoms with van der Waals surface area (Å²) in [6.45, 7) is 6.47. The van der Waals surface area contributed by atoms with Gasteiger partial charge < -0.3 is 19.3 Å². The Bertz CT molecular complexity index is 704. The second-order valence-electron chi connectivity index (χ2n) is 6.75. The van der Waals surface area contributed by atoms with Gasteiger partial charge in [0.05, 0.1) is 13.2 Å². The van der Waals surface area contributed by atoms with Crippen molar-refractivity contribution in [2.45, 2.75) is 38.9 Å². The molecule has 6 heteroatoms. The Morgan fingerprint density at radius 3 is 2.92 bits per heavy atom. The van der Waals surface area contributed by atoms with E-state index in [4.69, 9.17) is 14.0 Å². The molecule has 6 nitrogen and oxygen atoms in total. The van der Waals surface area contributed by atoms with Crippen molar-refractivity contribution >= 4 is 6.09 Å². The first-order valence-electron chi connectivity index (χ1n) is 8.05. The van der Waals surface area contributed by atoms with Crippen LogP contribution in [-0.4, -0.2) is 30.0 Å². The van der Waals surface area contributed by atoms with Gasteiger partial charge in [-0.1, -0.05) is 23.4 Å². The molecule has 0 saturated heterocycles. The van der Waals surface area contributed by atoms with E-state index in [1.807, 2.05) is 45.0 Å². The van der Waals surface area contributed by atoms with Crippen LogP contribution in [0.2, 0.25) is 0 Å². The number of benzene rings is 1. The second-order valence-corrected chi connectivity index (χ2v) is 6.75. The third-order valence-corrected chi connectivity index (χ3v) is 3.77. The van der Waals surface area contributed by atoms with Crippen molar-refractivity contribution < 1.29 is 18.8 Å². The smallest absolute Gasteiger partial charge is 0.407 e. The van der Waals surface area contributed by atoms with Gasteiger partial charge in [-0.25, -0.2) is 4.79 Å². The van der Waals surface area contributed by atoms with E-state index in [0.717, 1.165) is 23.2 Å². The lowest BCUT2D eigenvalue weighted by molar-refractivity contribution is 0.0289. The highest BCUT2D eigenvalue weighted by atomic mass is 16.6. The number of aromatic nitrogens is 1. The first-order valence-corrected chi connectivity index (χ1v) is 8.05. The van der Waals surface area contributed by atoms with E-state index in [1.54, 1.807) is 6.26 Å². The molecule has 0 aliphatic carbocycles. The van der Waals surface area contributed by atoms with Gasteiger partial charge in [0, 0.05) is 11.6 Å². The molecule has 0 spiro atoms. The predicted octanol–water partition coefficient (Wildman–Crippen LogP) is 3.48. The lowest BCUT2D eigenvalue weighted by Crippen LogP contribution is -2.36. The van der Waals surface area contributed by atoms with Gasteiger partial charge in [-0.3, -0.25) is 0 Å². The van der Waals surface area contributed by atoms with E-state index < -0.39 is 11.7 Å². The minimum Gasteiger partial charge on any atom is -0.444 e. The van der Waals surface area contributed by atoms with Crippen LogP contribution in [0.4, 0.5) is 4.79 Å². The number of fused-ring (bicyclic) bond motifs is 1. The SMILES string of the molecule is CC(C)(C)OC(=O)NCC1OCCc2c(-c3ccon3)cccc21. The fraction of sp³-hybridized carbons (Fsp3) is 0.444. The summed E-state index contributed by atoms with van der Waals surface area (Å²) >= 11 is 0. The minimum atomic E-state index is -0.518. The van der Waals surface area contributed by atoms with Gasteiger partial charge in [0.2, 0.25) is 0 Å². The molecule has 2 heterocycles. The van der Waals surface area contributed by atoms with Crippen molar-refractivity contribution in [2.75, 3.05) is 13.2 Å². The summed E-state index contributed by atoms with van der Waals surface area (Å²) < 4.78 is 16.1. The van der Waals surface area contributed by atoms with E-state index >= 15 is 0 Å². The maximum atomic E-state index is 11.9. The third kappa shape index (κ3) is 3.76. The average Bonchev–Trinajstić information content (AvgIpc) is 3.05. The molecule has 1 amide bonds. The molecule has 1 aromatic carbocycles. The fourth-order valence-electron chi connectivity index (χ4n) is 2.83. The zero-order valence-corrected chi connectivity index (χ0v) is 14.2. The number of hydrogen-bond acceptors (Lipinski definition) is 5. The van der Waals surface area contributed by atoms with Crippen LogP contribution in [0, 0.1) is 0 Å². The fourth-order valence-corrected chi connectivity index (χ4v) is 2.83. The summed E-state index contributed by atoms with van der Waals surface area (Å²) in [5, 5.41) is 6.81. The lowest BCUT2D eigenvalue weighted by atomic mass is 9.91. The summed E-state index contributed by atoms with van der Waals surface area (Å²) in [5.74, 6) is 0. The molecule has 1 N–H and O–H groups in total. The molecule has 24 heavy (non-hydrogen) atoms. The Kier molecular flexibility index (Phi) is 4.57. The summed E-state index contributed by atoms with van der Waals surface area (Å²) in [7, 11) is 0. The van der Waals surface area contributed by atoms with E-state index in [9.17, 15) is 4.79 Å². The normalized spacial score (nSPS) is 17.2. The number of hydrogen-bond donors (Lipinski definition) is 1. The van der Waals surface area contributed by atoms with Gasteiger partial charge >= 0.3 is 6.09 Å². The van der Waals surface area contributed by atoms with Gasteiger partial charge in [-0.15, -0.1) is 0 Å². The van der Waals surface area contributed by atoms with Gasteiger partial charge in [-0.05, 0) is 38.3 Å².